The summed E-state index contributed by atoms with van der Waals surface area (Å²) >= 11 is 0. The minimum absolute atomic E-state index is 0.103. The number of halogens is 2. The Morgan fingerprint density at radius 1 is 1.09 bits per heavy atom. The fourth-order valence-corrected chi connectivity index (χ4v) is 4.14. The Kier molecular flexibility index (Phi) is 4.63. The van der Waals surface area contributed by atoms with Crippen LogP contribution in [0.25, 0.3) is 17.3 Å². The van der Waals surface area contributed by atoms with Gasteiger partial charge in [-0.2, -0.15) is 15.3 Å². The molecule has 0 aliphatic heterocycles. The van der Waals surface area contributed by atoms with E-state index in [1.165, 1.54) is 6.07 Å². The number of benzene rings is 2. The first kappa shape index (κ1) is 20.1. The third kappa shape index (κ3) is 3.17. The summed E-state index contributed by atoms with van der Waals surface area (Å²) in [4.78, 5) is 4.54. The van der Waals surface area contributed by atoms with Gasteiger partial charge in [-0.25, -0.2) is 13.5 Å². The van der Waals surface area contributed by atoms with Crippen LogP contribution in [-0.2, 0) is 5.41 Å². The Hall–Kier alpha value is -3.86. The van der Waals surface area contributed by atoms with E-state index in [1.807, 2.05) is 25.1 Å². The average Bonchev–Trinajstić information content (AvgIpc) is 3.22. The summed E-state index contributed by atoms with van der Waals surface area (Å²) in [6.45, 7) is 3.80. The highest BCUT2D eigenvalue weighted by atomic mass is 19.3. The Morgan fingerprint density at radius 2 is 1.88 bits per heavy atom. The molecule has 2 heterocycles. The summed E-state index contributed by atoms with van der Waals surface area (Å²) < 4.78 is 34.2. The van der Waals surface area contributed by atoms with Gasteiger partial charge >= 0.3 is 0 Å². The van der Waals surface area contributed by atoms with Gasteiger partial charge < -0.3 is 4.52 Å². The number of nitriles is 1. The third-order valence-corrected chi connectivity index (χ3v) is 6.02. The molecule has 0 radical (unpaired) electrons. The number of alkyl halides is 2. The van der Waals surface area contributed by atoms with E-state index < -0.39 is 6.43 Å². The van der Waals surface area contributed by atoms with Gasteiger partial charge in [0.1, 0.15) is 5.69 Å². The number of hydrogen-bond acceptors (Lipinski definition) is 5. The number of nitrogens with zero attached hydrogens (tertiary/aromatic N) is 5. The summed E-state index contributed by atoms with van der Waals surface area (Å²) in [7, 11) is 0. The van der Waals surface area contributed by atoms with Gasteiger partial charge in [-0.3, -0.25) is 0 Å². The molecule has 1 fully saturated rings. The maximum Gasteiger partial charge on any atom is 0.280 e. The predicted octanol–water partition coefficient (Wildman–Crippen LogP) is 5.43. The van der Waals surface area contributed by atoms with Crippen molar-refractivity contribution in [3.8, 4) is 23.3 Å². The fourth-order valence-electron chi connectivity index (χ4n) is 4.14. The van der Waals surface area contributed by atoms with Crippen LogP contribution in [-0.4, -0.2) is 19.9 Å². The third-order valence-electron chi connectivity index (χ3n) is 6.02. The van der Waals surface area contributed by atoms with Gasteiger partial charge in [-0.05, 0) is 67.6 Å². The predicted molar refractivity (Wildman–Crippen MR) is 112 cm³/mol. The molecule has 2 aromatic heterocycles. The molecule has 32 heavy (non-hydrogen) atoms. The first-order chi connectivity index (χ1) is 15.4. The number of aromatic nitrogens is 4. The quantitative estimate of drug-likeness (QED) is 0.421. The van der Waals surface area contributed by atoms with E-state index in [-0.39, 0.29) is 22.7 Å². The summed E-state index contributed by atoms with van der Waals surface area (Å²) in [6, 6.07) is 16.2. The van der Waals surface area contributed by atoms with Crippen molar-refractivity contribution in [3.05, 3.63) is 82.3 Å². The van der Waals surface area contributed by atoms with E-state index in [4.69, 9.17) is 9.78 Å². The summed E-state index contributed by atoms with van der Waals surface area (Å²) in [5.74, 6) is 0.648. The van der Waals surface area contributed by atoms with Crippen LogP contribution in [0.15, 0.2) is 53.1 Å². The van der Waals surface area contributed by atoms with Crippen LogP contribution in [0.5, 0.6) is 0 Å². The lowest BCUT2D eigenvalue weighted by Gasteiger charge is -2.13. The molecule has 6 nitrogen and oxygen atoms in total. The van der Waals surface area contributed by atoms with Gasteiger partial charge in [0, 0.05) is 0 Å². The van der Waals surface area contributed by atoms with E-state index in [0.717, 1.165) is 28.7 Å². The molecule has 1 saturated carbocycles. The zero-order valence-electron chi connectivity index (χ0n) is 17.5. The Labute approximate surface area is 183 Å². The molecule has 0 atom stereocenters. The highest BCUT2D eigenvalue weighted by molar-refractivity contribution is 5.53. The molecule has 160 valence electrons. The first-order valence-electron chi connectivity index (χ1n) is 10.2. The normalized spacial score (nSPS) is 14.5. The molecule has 1 aliphatic carbocycles. The minimum atomic E-state index is -2.75. The summed E-state index contributed by atoms with van der Waals surface area (Å²) in [6.07, 6.45) is -0.952. The topological polar surface area (TPSA) is 80.5 Å². The van der Waals surface area contributed by atoms with Crippen LogP contribution in [0, 0.1) is 25.2 Å². The molecular formula is C24H19F2N5O. The van der Waals surface area contributed by atoms with Crippen molar-refractivity contribution in [2.24, 2.45) is 0 Å². The number of hydrogen-bond donors (Lipinski definition) is 0. The van der Waals surface area contributed by atoms with Crippen LogP contribution in [0.3, 0.4) is 0 Å². The average molecular weight is 431 g/mol. The lowest BCUT2D eigenvalue weighted by molar-refractivity contribution is 0.143. The van der Waals surface area contributed by atoms with Crippen LogP contribution in [0.4, 0.5) is 8.78 Å². The lowest BCUT2D eigenvalue weighted by atomic mass is 9.91. The van der Waals surface area contributed by atoms with E-state index in [9.17, 15) is 8.78 Å². The van der Waals surface area contributed by atoms with Gasteiger partial charge in [0.05, 0.1) is 22.7 Å². The van der Waals surface area contributed by atoms with E-state index in [0.29, 0.717) is 22.6 Å². The van der Waals surface area contributed by atoms with Crippen molar-refractivity contribution >= 4 is 0 Å². The molecule has 0 N–H and O–H groups in total. The Morgan fingerprint density at radius 3 is 2.53 bits per heavy atom. The minimum Gasteiger partial charge on any atom is -0.332 e. The molecular weight excluding hydrogens is 412 g/mol. The van der Waals surface area contributed by atoms with Gasteiger partial charge in [-0.15, -0.1) is 0 Å². The van der Waals surface area contributed by atoms with Crippen molar-refractivity contribution in [2.75, 3.05) is 0 Å². The first-order valence-corrected chi connectivity index (χ1v) is 10.2. The van der Waals surface area contributed by atoms with Crippen LogP contribution in [0.2, 0.25) is 0 Å². The highest BCUT2D eigenvalue weighted by Gasteiger charge is 2.50. The summed E-state index contributed by atoms with van der Waals surface area (Å²) in [5.41, 5.74) is 3.48. The maximum absolute atomic E-state index is 13.8. The molecule has 5 rings (SSSR count). The standard InChI is InChI=1S/C24H19F2N5O/c1-14-5-3-4-6-18(14)24(9-10-24)23-28-22(32-30-23)19-12-20(21(25)26)31(29-19)17-8-7-16(13-27)15(2)11-17/h3-8,11-12,21H,9-10H2,1-2H3. The van der Waals surface area contributed by atoms with Crippen molar-refractivity contribution in [1.29, 1.82) is 5.26 Å². The zero-order valence-corrected chi connectivity index (χ0v) is 17.5. The Balaban J connectivity index is 1.54. The monoisotopic (exact) mass is 431 g/mol. The van der Waals surface area contributed by atoms with Gasteiger partial charge in [0.25, 0.3) is 12.3 Å². The number of aryl methyl sites for hydroxylation is 2. The van der Waals surface area contributed by atoms with Crippen molar-refractivity contribution in [1.82, 2.24) is 19.9 Å². The molecule has 0 bridgehead atoms. The maximum atomic E-state index is 13.8. The van der Waals surface area contributed by atoms with E-state index in [1.54, 1.807) is 25.1 Å². The van der Waals surface area contributed by atoms with Crippen LogP contribution >= 0.6 is 0 Å². The lowest BCUT2D eigenvalue weighted by Crippen LogP contribution is -2.12. The second kappa shape index (κ2) is 7.38. The largest absolute Gasteiger partial charge is 0.332 e. The molecule has 0 saturated heterocycles. The highest BCUT2D eigenvalue weighted by Crippen LogP contribution is 2.53. The smallest absolute Gasteiger partial charge is 0.280 e. The van der Waals surface area contributed by atoms with Gasteiger partial charge in [0.15, 0.2) is 11.5 Å². The summed E-state index contributed by atoms with van der Waals surface area (Å²) in [5, 5.41) is 17.6. The molecule has 0 spiro atoms. The van der Waals surface area contributed by atoms with E-state index in [2.05, 4.69) is 27.4 Å². The molecule has 0 amide bonds. The molecule has 1 aliphatic rings. The molecule has 4 aromatic rings. The molecule has 2 aromatic carbocycles. The van der Waals surface area contributed by atoms with Crippen LogP contribution < -0.4 is 0 Å². The van der Waals surface area contributed by atoms with E-state index >= 15 is 0 Å². The van der Waals surface area contributed by atoms with Gasteiger partial charge in [0.2, 0.25) is 0 Å². The molecule has 8 heteroatoms. The second-order valence-corrected chi connectivity index (χ2v) is 8.10. The SMILES string of the molecule is Cc1cc(-n2nc(-c3nc(C4(c5ccccc5C)CC4)no3)cc2C(F)F)ccc1C#N. The second-order valence-electron chi connectivity index (χ2n) is 8.10. The Bertz CT molecular complexity index is 1360. The zero-order chi connectivity index (χ0) is 22.5. The molecule has 0 unspecified atom stereocenters. The fraction of sp³-hybridized carbons (Fsp3) is 0.250. The van der Waals surface area contributed by atoms with Crippen molar-refractivity contribution < 1.29 is 13.3 Å². The van der Waals surface area contributed by atoms with Crippen LogP contribution in [0.1, 0.15) is 53.0 Å². The number of rotatable bonds is 5. The van der Waals surface area contributed by atoms with Gasteiger partial charge in [-0.1, -0.05) is 29.4 Å². The van der Waals surface area contributed by atoms with Crippen molar-refractivity contribution in [2.45, 2.75) is 38.5 Å². The van der Waals surface area contributed by atoms with Crippen molar-refractivity contribution in [3.63, 3.8) is 0 Å².